The lowest BCUT2D eigenvalue weighted by Crippen LogP contribution is -2.43. The third-order valence-electron chi connectivity index (χ3n) is 4.90. The van der Waals surface area contributed by atoms with E-state index in [-0.39, 0.29) is 17.9 Å². The van der Waals surface area contributed by atoms with Gasteiger partial charge in [-0.05, 0) is 37.5 Å². The molecule has 1 aromatic rings. The molecule has 1 aromatic carbocycles. The minimum Gasteiger partial charge on any atom is -0.493 e. The van der Waals surface area contributed by atoms with E-state index >= 15 is 0 Å². The van der Waals surface area contributed by atoms with E-state index in [1.165, 1.54) is 6.42 Å². The summed E-state index contributed by atoms with van der Waals surface area (Å²) in [5.41, 5.74) is 7.30. The maximum atomic E-state index is 13.0. The van der Waals surface area contributed by atoms with Gasteiger partial charge in [-0.15, -0.1) is 0 Å². The van der Waals surface area contributed by atoms with E-state index in [1.54, 1.807) is 14.2 Å². The second kappa shape index (κ2) is 8.92. The predicted molar refractivity (Wildman–Crippen MR) is 95.2 cm³/mol. The van der Waals surface area contributed by atoms with E-state index in [0.717, 1.165) is 31.2 Å². The molecule has 2 rings (SSSR count). The Labute approximate surface area is 145 Å². The first-order chi connectivity index (χ1) is 11.6. The van der Waals surface area contributed by atoms with Crippen molar-refractivity contribution in [3.8, 4) is 11.5 Å². The molecule has 1 saturated carbocycles. The highest BCUT2D eigenvalue weighted by Gasteiger charge is 2.30. The lowest BCUT2D eigenvalue weighted by Gasteiger charge is -2.29. The van der Waals surface area contributed by atoms with Gasteiger partial charge in [-0.25, -0.2) is 0 Å². The normalized spacial score (nSPS) is 21.0. The molecule has 0 saturated heterocycles. The summed E-state index contributed by atoms with van der Waals surface area (Å²) in [4.78, 5) is 14.9. The molecule has 1 fully saturated rings. The Hall–Kier alpha value is -1.75. The zero-order chi connectivity index (χ0) is 17.5. The third-order valence-corrected chi connectivity index (χ3v) is 4.90. The number of methoxy groups -OCH3 is 2. The van der Waals surface area contributed by atoms with Crippen LogP contribution in [0.1, 0.15) is 44.6 Å². The van der Waals surface area contributed by atoms with Crippen molar-refractivity contribution >= 4 is 5.91 Å². The Balaban J connectivity index is 2.12. The maximum absolute atomic E-state index is 13.0. The largest absolute Gasteiger partial charge is 0.493 e. The van der Waals surface area contributed by atoms with Crippen LogP contribution in [0.3, 0.4) is 0 Å². The van der Waals surface area contributed by atoms with Crippen LogP contribution in [0.15, 0.2) is 18.2 Å². The summed E-state index contributed by atoms with van der Waals surface area (Å²) in [7, 11) is 3.24. The van der Waals surface area contributed by atoms with E-state index in [2.05, 4.69) is 0 Å². The summed E-state index contributed by atoms with van der Waals surface area (Å²) in [6.07, 6.45) is 5.26. The third kappa shape index (κ3) is 4.41. The number of nitrogens with zero attached hydrogens (tertiary/aromatic N) is 1. The molecule has 5 heteroatoms. The molecule has 0 unspecified atom stereocenters. The van der Waals surface area contributed by atoms with Crippen molar-refractivity contribution in [2.75, 3.05) is 20.8 Å². The van der Waals surface area contributed by atoms with E-state index in [1.807, 2.05) is 30.0 Å². The van der Waals surface area contributed by atoms with Gasteiger partial charge in [0, 0.05) is 19.1 Å². The maximum Gasteiger partial charge on any atom is 0.227 e. The molecule has 1 aliphatic rings. The molecule has 0 aliphatic heterocycles. The van der Waals surface area contributed by atoms with Crippen molar-refractivity contribution < 1.29 is 14.3 Å². The van der Waals surface area contributed by atoms with Gasteiger partial charge in [-0.3, -0.25) is 4.79 Å². The van der Waals surface area contributed by atoms with Gasteiger partial charge < -0.3 is 20.1 Å². The Bertz CT molecular complexity index is 547. The van der Waals surface area contributed by atoms with Crippen LogP contribution in [0.25, 0.3) is 0 Å². The molecule has 2 atom stereocenters. The van der Waals surface area contributed by atoms with Crippen molar-refractivity contribution in [1.29, 1.82) is 0 Å². The second-order valence-electron chi connectivity index (χ2n) is 6.45. The average molecular weight is 334 g/mol. The van der Waals surface area contributed by atoms with Crippen LogP contribution < -0.4 is 15.2 Å². The smallest absolute Gasteiger partial charge is 0.227 e. The van der Waals surface area contributed by atoms with Crippen LogP contribution in [-0.4, -0.2) is 37.6 Å². The minimum atomic E-state index is -0.0485. The van der Waals surface area contributed by atoms with E-state index in [4.69, 9.17) is 15.2 Å². The quantitative estimate of drug-likeness (QED) is 0.812. The molecule has 1 amide bonds. The first-order valence-corrected chi connectivity index (χ1v) is 8.86. The number of benzene rings is 1. The fourth-order valence-corrected chi connectivity index (χ4v) is 3.42. The SMILES string of the molecule is CCN(Cc1ccc(OC)c(OC)c1)C(=O)[C@@H]1CCCCC[C@H]1N. The van der Waals surface area contributed by atoms with Crippen LogP contribution >= 0.6 is 0 Å². The number of hydrogen-bond donors (Lipinski definition) is 1. The summed E-state index contributed by atoms with van der Waals surface area (Å²) >= 11 is 0. The van der Waals surface area contributed by atoms with Crippen molar-refractivity contribution in [2.45, 2.75) is 51.6 Å². The zero-order valence-corrected chi connectivity index (χ0v) is 15.1. The van der Waals surface area contributed by atoms with Gasteiger partial charge >= 0.3 is 0 Å². The molecule has 134 valence electrons. The standard InChI is InChI=1S/C19H30N2O3/c1-4-21(19(22)15-8-6-5-7-9-16(15)20)13-14-10-11-17(23-2)18(12-14)24-3/h10-12,15-16H,4-9,13,20H2,1-3H3/t15-,16-/m1/s1. The molecule has 0 radical (unpaired) electrons. The summed E-state index contributed by atoms with van der Waals surface area (Å²) in [6, 6.07) is 5.77. The Morgan fingerprint density at radius 2 is 1.88 bits per heavy atom. The van der Waals surface area contributed by atoms with Crippen LogP contribution in [-0.2, 0) is 11.3 Å². The number of hydrogen-bond acceptors (Lipinski definition) is 4. The number of carbonyl (C=O) groups excluding carboxylic acids is 1. The summed E-state index contributed by atoms with van der Waals surface area (Å²) < 4.78 is 10.6. The van der Waals surface area contributed by atoms with Gasteiger partial charge in [0.15, 0.2) is 11.5 Å². The van der Waals surface area contributed by atoms with Gasteiger partial charge in [-0.2, -0.15) is 0 Å². The number of amides is 1. The number of nitrogens with two attached hydrogens (primary N) is 1. The highest BCUT2D eigenvalue weighted by molar-refractivity contribution is 5.79. The summed E-state index contributed by atoms with van der Waals surface area (Å²) in [5.74, 6) is 1.51. The number of carbonyl (C=O) groups is 1. The highest BCUT2D eigenvalue weighted by atomic mass is 16.5. The van der Waals surface area contributed by atoms with Gasteiger partial charge in [-0.1, -0.05) is 25.3 Å². The van der Waals surface area contributed by atoms with Crippen LogP contribution in [0, 0.1) is 5.92 Å². The molecule has 5 nitrogen and oxygen atoms in total. The Morgan fingerprint density at radius 1 is 1.17 bits per heavy atom. The molecular weight excluding hydrogens is 304 g/mol. The van der Waals surface area contributed by atoms with Crippen LogP contribution in [0.5, 0.6) is 11.5 Å². The van der Waals surface area contributed by atoms with Crippen molar-refractivity contribution in [3.63, 3.8) is 0 Å². The first kappa shape index (κ1) is 18.6. The van der Waals surface area contributed by atoms with E-state index in [0.29, 0.717) is 24.6 Å². The monoisotopic (exact) mass is 334 g/mol. The topological polar surface area (TPSA) is 64.8 Å². The van der Waals surface area contributed by atoms with Crippen molar-refractivity contribution in [2.24, 2.45) is 11.7 Å². The predicted octanol–water partition coefficient (Wildman–Crippen LogP) is 2.96. The second-order valence-corrected chi connectivity index (χ2v) is 6.45. The van der Waals surface area contributed by atoms with Crippen molar-refractivity contribution in [1.82, 2.24) is 4.90 Å². The van der Waals surface area contributed by atoms with Gasteiger partial charge in [0.2, 0.25) is 5.91 Å². The molecule has 24 heavy (non-hydrogen) atoms. The number of rotatable bonds is 6. The van der Waals surface area contributed by atoms with Gasteiger partial charge in [0.25, 0.3) is 0 Å². The molecule has 0 spiro atoms. The molecule has 0 bridgehead atoms. The minimum absolute atomic E-state index is 0.0144. The van der Waals surface area contributed by atoms with Crippen LogP contribution in [0.2, 0.25) is 0 Å². The molecular formula is C19H30N2O3. The Morgan fingerprint density at radius 3 is 2.54 bits per heavy atom. The van der Waals surface area contributed by atoms with Crippen molar-refractivity contribution in [3.05, 3.63) is 23.8 Å². The van der Waals surface area contributed by atoms with Gasteiger partial charge in [0.05, 0.1) is 20.1 Å². The first-order valence-electron chi connectivity index (χ1n) is 8.86. The molecule has 1 aliphatic carbocycles. The Kier molecular flexibility index (Phi) is 6.91. The molecule has 0 aromatic heterocycles. The fourth-order valence-electron chi connectivity index (χ4n) is 3.42. The number of ether oxygens (including phenoxy) is 2. The lowest BCUT2D eigenvalue weighted by atomic mass is 9.93. The lowest BCUT2D eigenvalue weighted by molar-refractivity contribution is -0.136. The molecule has 2 N–H and O–H groups in total. The average Bonchev–Trinajstić information content (AvgIpc) is 2.83. The van der Waals surface area contributed by atoms with E-state index < -0.39 is 0 Å². The molecule has 0 heterocycles. The summed E-state index contributed by atoms with van der Waals surface area (Å²) in [6.45, 7) is 3.26. The van der Waals surface area contributed by atoms with Gasteiger partial charge in [0.1, 0.15) is 0 Å². The highest BCUT2D eigenvalue weighted by Crippen LogP contribution is 2.29. The van der Waals surface area contributed by atoms with E-state index in [9.17, 15) is 4.79 Å². The fraction of sp³-hybridized carbons (Fsp3) is 0.632. The van der Waals surface area contributed by atoms with Crippen LogP contribution in [0.4, 0.5) is 0 Å². The summed E-state index contributed by atoms with van der Waals surface area (Å²) in [5, 5.41) is 0. The zero-order valence-electron chi connectivity index (χ0n) is 15.1.